The lowest BCUT2D eigenvalue weighted by atomic mass is 10.1. The largest absolute Gasteiger partial charge is 0.348 e. The summed E-state index contributed by atoms with van der Waals surface area (Å²) in [6.07, 6.45) is 0. The Balaban J connectivity index is 2.05. The van der Waals surface area contributed by atoms with E-state index in [2.05, 4.69) is 58.0 Å². The number of hydrogen-bond acceptors (Lipinski definition) is 4. The molecule has 15 heavy (non-hydrogen) atoms. The summed E-state index contributed by atoms with van der Waals surface area (Å²) >= 11 is 0. The molecule has 2 aromatic rings. The summed E-state index contributed by atoms with van der Waals surface area (Å²) in [6, 6.07) is 6.37. The smallest absolute Gasteiger partial charge is 0.263 e. The van der Waals surface area contributed by atoms with Gasteiger partial charge in [0.15, 0.2) is 0 Å². The van der Waals surface area contributed by atoms with Crippen LogP contribution in [0.4, 0.5) is 5.95 Å². The molecule has 0 atom stereocenters. The van der Waals surface area contributed by atoms with E-state index in [1.807, 2.05) is 0 Å². The number of rotatable bonds is 3. The summed E-state index contributed by atoms with van der Waals surface area (Å²) < 4.78 is 0. The van der Waals surface area contributed by atoms with Crippen molar-refractivity contribution >= 4 is 5.95 Å². The zero-order valence-electron chi connectivity index (χ0n) is 8.78. The Morgan fingerprint density at radius 3 is 2.87 bits per heavy atom. The molecule has 0 aliphatic carbocycles. The van der Waals surface area contributed by atoms with Gasteiger partial charge in [-0.1, -0.05) is 28.9 Å². The van der Waals surface area contributed by atoms with Crippen LogP contribution in [0.15, 0.2) is 18.2 Å². The van der Waals surface area contributed by atoms with Gasteiger partial charge < -0.3 is 5.32 Å². The van der Waals surface area contributed by atoms with Crippen molar-refractivity contribution in [3.8, 4) is 0 Å². The van der Waals surface area contributed by atoms with Crippen LogP contribution in [0, 0.1) is 13.8 Å². The first kappa shape index (κ1) is 9.64. The third-order valence-electron chi connectivity index (χ3n) is 2.28. The third kappa shape index (κ3) is 2.31. The van der Waals surface area contributed by atoms with Gasteiger partial charge >= 0.3 is 0 Å². The molecule has 0 radical (unpaired) electrons. The Morgan fingerprint density at radius 2 is 2.20 bits per heavy atom. The summed E-state index contributed by atoms with van der Waals surface area (Å²) in [5, 5.41) is 16.6. The molecule has 0 unspecified atom stereocenters. The number of nitrogens with zero attached hydrogens (tertiary/aromatic N) is 3. The van der Waals surface area contributed by atoms with E-state index in [1.165, 1.54) is 16.7 Å². The molecule has 0 fully saturated rings. The molecular weight excluding hydrogens is 190 g/mol. The van der Waals surface area contributed by atoms with Crippen molar-refractivity contribution in [3.05, 3.63) is 34.9 Å². The summed E-state index contributed by atoms with van der Waals surface area (Å²) in [6.45, 7) is 4.90. The number of hydrogen-bond donors (Lipinski definition) is 2. The molecule has 0 saturated heterocycles. The number of benzene rings is 1. The van der Waals surface area contributed by atoms with Gasteiger partial charge in [0.2, 0.25) is 0 Å². The number of aromatic amines is 1. The fourth-order valence-electron chi connectivity index (χ4n) is 1.46. The van der Waals surface area contributed by atoms with Gasteiger partial charge in [-0.15, -0.1) is 5.10 Å². The van der Waals surface area contributed by atoms with Crippen LogP contribution in [0.2, 0.25) is 0 Å². The fourth-order valence-corrected chi connectivity index (χ4v) is 1.46. The first-order chi connectivity index (χ1) is 7.25. The van der Waals surface area contributed by atoms with Gasteiger partial charge in [-0.25, -0.2) is 0 Å². The summed E-state index contributed by atoms with van der Waals surface area (Å²) in [5.41, 5.74) is 3.78. The SMILES string of the molecule is Cc1ccc(CNc2nn[nH]n2)c(C)c1. The van der Waals surface area contributed by atoms with E-state index in [-0.39, 0.29) is 0 Å². The molecule has 5 heteroatoms. The minimum Gasteiger partial charge on any atom is -0.348 e. The molecule has 0 bridgehead atoms. The Morgan fingerprint density at radius 1 is 1.33 bits per heavy atom. The highest BCUT2D eigenvalue weighted by Crippen LogP contribution is 2.11. The molecule has 0 spiro atoms. The molecule has 2 rings (SSSR count). The average molecular weight is 203 g/mol. The second kappa shape index (κ2) is 4.08. The van der Waals surface area contributed by atoms with E-state index in [4.69, 9.17) is 0 Å². The van der Waals surface area contributed by atoms with Crippen molar-refractivity contribution in [1.29, 1.82) is 0 Å². The molecule has 2 N–H and O–H groups in total. The maximum absolute atomic E-state index is 3.82. The highest BCUT2D eigenvalue weighted by molar-refractivity contribution is 5.33. The molecular formula is C10H13N5. The fraction of sp³-hybridized carbons (Fsp3) is 0.300. The van der Waals surface area contributed by atoms with Crippen molar-refractivity contribution in [2.45, 2.75) is 20.4 Å². The molecule has 5 nitrogen and oxygen atoms in total. The van der Waals surface area contributed by atoms with Crippen molar-refractivity contribution < 1.29 is 0 Å². The van der Waals surface area contributed by atoms with Crippen LogP contribution in [0.25, 0.3) is 0 Å². The van der Waals surface area contributed by atoms with E-state index in [9.17, 15) is 0 Å². The topological polar surface area (TPSA) is 66.5 Å². The lowest BCUT2D eigenvalue weighted by molar-refractivity contribution is 0.881. The van der Waals surface area contributed by atoms with E-state index in [0.717, 1.165) is 0 Å². The van der Waals surface area contributed by atoms with E-state index >= 15 is 0 Å². The predicted molar refractivity (Wildman–Crippen MR) is 57.4 cm³/mol. The van der Waals surface area contributed by atoms with Gasteiger partial charge in [0, 0.05) is 6.54 Å². The van der Waals surface area contributed by atoms with Crippen molar-refractivity contribution in [2.75, 3.05) is 5.32 Å². The molecule has 0 saturated carbocycles. The van der Waals surface area contributed by atoms with Crippen molar-refractivity contribution in [2.24, 2.45) is 0 Å². The highest BCUT2D eigenvalue weighted by atomic mass is 15.5. The molecule has 78 valence electrons. The summed E-state index contributed by atoms with van der Waals surface area (Å²) in [7, 11) is 0. The number of anilines is 1. The Labute approximate surface area is 87.9 Å². The number of tetrazole rings is 1. The van der Waals surface area contributed by atoms with Gasteiger partial charge in [-0.2, -0.15) is 5.21 Å². The van der Waals surface area contributed by atoms with Crippen LogP contribution < -0.4 is 5.32 Å². The summed E-state index contributed by atoms with van der Waals surface area (Å²) in [4.78, 5) is 0. The standard InChI is InChI=1S/C10H13N5/c1-7-3-4-9(8(2)5-7)6-11-10-12-14-15-13-10/h3-5H,6H2,1-2H3,(H2,11,12,13,14,15). The quantitative estimate of drug-likeness (QED) is 0.791. The second-order valence-corrected chi connectivity index (χ2v) is 3.52. The predicted octanol–water partition coefficient (Wildman–Crippen LogP) is 1.43. The van der Waals surface area contributed by atoms with E-state index < -0.39 is 0 Å². The molecule has 0 aliphatic heterocycles. The minimum atomic E-state index is 0.523. The van der Waals surface area contributed by atoms with Crippen molar-refractivity contribution in [1.82, 2.24) is 20.6 Å². The molecule has 1 aromatic carbocycles. The van der Waals surface area contributed by atoms with Crippen molar-refractivity contribution in [3.63, 3.8) is 0 Å². The number of aryl methyl sites for hydroxylation is 2. The molecule has 0 amide bonds. The van der Waals surface area contributed by atoms with E-state index in [1.54, 1.807) is 0 Å². The van der Waals surface area contributed by atoms with Crippen LogP contribution in [0.5, 0.6) is 0 Å². The summed E-state index contributed by atoms with van der Waals surface area (Å²) in [5.74, 6) is 0.523. The third-order valence-corrected chi connectivity index (χ3v) is 2.28. The minimum absolute atomic E-state index is 0.523. The lowest BCUT2D eigenvalue weighted by Gasteiger charge is -2.06. The normalized spacial score (nSPS) is 10.3. The Bertz CT molecular complexity index is 435. The number of H-pyrrole nitrogens is 1. The lowest BCUT2D eigenvalue weighted by Crippen LogP contribution is -2.02. The van der Waals surface area contributed by atoms with Gasteiger partial charge in [-0.05, 0) is 30.2 Å². The van der Waals surface area contributed by atoms with Gasteiger partial charge in [0.25, 0.3) is 5.95 Å². The van der Waals surface area contributed by atoms with E-state index in [0.29, 0.717) is 12.5 Å². The van der Waals surface area contributed by atoms with Gasteiger partial charge in [0.1, 0.15) is 0 Å². The van der Waals surface area contributed by atoms with Crippen LogP contribution in [-0.4, -0.2) is 20.6 Å². The maximum atomic E-state index is 3.82. The zero-order valence-corrected chi connectivity index (χ0v) is 8.78. The molecule has 0 aliphatic rings. The molecule has 1 heterocycles. The second-order valence-electron chi connectivity index (χ2n) is 3.52. The zero-order chi connectivity index (χ0) is 10.7. The maximum Gasteiger partial charge on any atom is 0.263 e. The average Bonchev–Trinajstić information content (AvgIpc) is 2.69. The van der Waals surface area contributed by atoms with Gasteiger partial charge in [0.05, 0.1) is 0 Å². The first-order valence-electron chi connectivity index (χ1n) is 4.79. The van der Waals surface area contributed by atoms with Crippen LogP contribution in [-0.2, 0) is 6.54 Å². The first-order valence-corrected chi connectivity index (χ1v) is 4.79. The van der Waals surface area contributed by atoms with Gasteiger partial charge in [-0.3, -0.25) is 0 Å². The highest BCUT2D eigenvalue weighted by Gasteiger charge is 2.00. The Kier molecular flexibility index (Phi) is 2.62. The number of nitrogens with one attached hydrogen (secondary N) is 2. The Hall–Kier alpha value is -1.91. The number of aromatic nitrogens is 4. The van der Waals surface area contributed by atoms with Crippen LogP contribution in [0.1, 0.15) is 16.7 Å². The van der Waals surface area contributed by atoms with Crippen LogP contribution in [0.3, 0.4) is 0 Å². The molecule has 1 aromatic heterocycles. The van der Waals surface area contributed by atoms with Crippen LogP contribution >= 0.6 is 0 Å². The monoisotopic (exact) mass is 203 g/mol.